The largest absolute Gasteiger partial charge is 0.256 e. The minimum Gasteiger partial charge on any atom is -0.256 e. The number of nitrogens with zero attached hydrogens (tertiary/aromatic N) is 1. The van der Waals surface area contributed by atoms with Crippen LogP contribution in [0.4, 0.5) is 0 Å². The first-order valence-electron chi connectivity index (χ1n) is 11.0. The predicted molar refractivity (Wildman–Crippen MR) is 127 cm³/mol. The highest BCUT2D eigenvalue weighted by molar-refractivity contribution is 5.92. The summed E-state index contributed by atoms with van der Waals surface area (Å²) in [4.78, 5) is 4.68. The van der Waals surface area contributed by atoms with Crippen molar-refractivity contribution in [1.29, 1.82) is 0 Å². The molecule has 1 nitrogen and oxygen atoms in total. The molecule has 1 atom stereocenters. The molecule has 0 spiro atoms. The van der Waals surface area contributed by atoms with Crippen LogP contribution in [0.25, 0.3) is 16.3 Å². The molecule has 152 valence electrons. The lowest BCUT2D eigenvalue weighted by Gasteiger charge is -2.21. The van der Waals surface area contributed by atoms with Gasteiger partial charge in [-0.2, -0.15) is 0 Å². The van der Waals surface area contributed by atoms with Crippen LogP contribution >= 0.6 is 0 Å². The van der Waals surface area contributed by atoms with Crippen molar-refractivity contribution in [1.82, 2.24) is 4.98 Å². The molecular weight excluding hydrogens is 338 g/mol. The third-order valence-electron chi connectivity index (χ3n) is 4.86. The predicted octanol–water partition coefficient (Wildman–Crippen LogP) is 8.63. The van der Waals surface area contributed by atoms with E-state index in [1.165, 1.54) is 22.8 Å². The summed E-state index contributed by atoms with van der Waals surface area (Å²) in [5, 5.41) is 2.52. The lowest BCUT2D eigenvalue weighted by Crippen LogP contribution is -2.06. The van der Waals surface area contributed by atoms with Crippen molar-refractivity contribution >= 4 is 16.3 Å². The Morgan fingerprint density at radius 2 is 1.79 bits per heavy atom. The smallest absolute Gasteiger partial charge is 0.0742 e. The normalized spacial score (nSPS) is 15.7. The van der Waals surface area contributed by atoms with E-state index in [0.29, 0.717) is 5.92 Å². The molecule has 2 aromatic rings. The molecule has 0 saturated carbocycles. The van der Waals surface area contributed by atoms with Crippen LogP contribution in [0.1, 0.15) is 72.9 Å². The Hall–Kier alpha value is -2.15. The van der Waals surface area contributed by atoms with Gasteiger partial charge in [-0.05, 0) is 48.1 Å². The third kappa shape index (κ3) is 7.46. The summed E-state index contributed by atoms with van der Waals surface area (Å²) in [7, 11) is 0. The molecule has 1 aromatic carbocycles. The van der Waals surface area contributed by atoms with Gasteiger partial charge < -0.3 is 0 Å². The Kier molecular flexibility index (Phi) is 11.9. The summed E-state index contributed by atoms with van der Waals surface area (Å²) in [5.41, 5.74) is 2.52. The molecule has 1 aliphatic rings. The third-order valence-corrected chi connectivity index (χ3v) is 4.86. The fraction of sp³-hybridized carbons (Fsp3) is 0.444. The maximum atomic E-state index is 4.68. The molecule has 1 aromatic heterocycles. The van der Waals surface area contributed by atoms with Crippen molar-refractivity contribution in [3.05, 3.63) is 72.6 Å². The quantitative estimate of drug-likeness (QED) is 0.475. The fourth-order valence-corrected chi connectivity index (χ4v) is 2.95. The molecule has 0 radical (unpaired) electrons. The zero-order valence-corrected chi connectivity index (χ0v) is 18.8. The first kappa shape index (κ1) is 23.9. The number of aromatic nitrogens is 1. The molecule has 0 fully saturated rings. The second-order valence-electron chi connectivity index (χ2n) is 7.28. The van der Waals surface area contributed by atoms with Crippen molar-refractivity contribution in [2.45, 2.75) is 67.2 Å². The van der Waals surface area contributed by atoms with Gasteiger partial charge in [0.1, 0.15) is 0 Å². The van der Waals surface area contributed by atoms with Gasteiger partial charge in [-0.3, -0.25) is 4.98 Å². The van der Waals surface area contributed by atoms with Gasteiger partial charge in [0.15, 0.2) is 0 Å². The summed E-state index contributed by atoms with van der Waals surface area (Å²) >= 11 is 0. The Bertz CT molecular complexity index is 759. The average Bonchev–Trinajstić information content (AvgIpc) is 2.76. The summed E-state index contributed by atoms with van der Waals surface area (Å²) in [6.45, 7) is 12.8. The number of fused-ring (bicyclic) bond motifs is 1. The van der Waals surface area contributed by atoms with E-state index in [0.717, 1.165) is 30.9 Å². The van der Waals surface area contributed by atoms with Crippen molar-refractivity contribution in [2.75, 3.05) is 0 Å². The van der Waals surface area contributed by atoms with Crippen LogP contribution in [0.15, 0.2) is 66.9 Å². The summed E-state index contributed by atoms with van der Waals surface area (Å²) in [6.07, 6.45) is 17.8. The van der Waals surface area contributed by atoms with Gasteiger partial charge in [0.2, 0.25) is 0 Å². The highest BCUT2D eigenvalue weighted by atomic mass is 14.7. The van der Waals surface area contributed by atoms with E-state index < -0.39 is 0 Å². The Morgan fingerprint density at radius 3 is 2.46 bits per heavy atom. The average molecular weight is 378 g/mol. The summed E-state index contributed by atoms with van der Waals surface area (Å²) < 4.78 is 0. The molecular formula is C27H39N. The molecule has 0 aliphatic heterocycles. The van der Waals surface area contributed by atoms with Gasteiger partial charge >= 0.3 is 0 Å². The van der Waals surface area contributed by atoms with Gasteiger partial charge in [-0.15, -0.1) is 0 Å². The maximum Gasteiger partial charge on any atom is 0.0742 e. The topological polar surface area (TPSA) is 12.9 Å². The van der Waals surface area contributed by atoms with Crippen LogP contribution < -0.4 is 0 Å². The first-order valence-corrected chi connectivity index (χ1v) is 11.0. The highest BCUT2D eigenvalue weighted by Gasteiger charge is 2.18. The highest BCUT2D eigenvalue weighted by Crippen LogP contribution is 2.34. The Labute approximate surface area is 173 Å². The fourth-order valence-electron chi connectivity index (χ4n) is 2.95. The first-order chi connectivity index (χ1) is 13.7. The van der Waals surface area contributed by atoms with Crippen molar-refractivity contribution in [3.63, 3.8) is 0 Å². The zero-order chi connectivity index (χ0) is 20.8. The number of hydrogen-bond donors (Lipinski definition) is 0. The molecule has 0 saturated heterocycles. The minimum atomic E-state index is 0.538. The number of rotatable bonds is 5. The van der Waals surface area contributed by atoms with E-state index in [4.69, 9.17) is 0 Å². The van der Waals surface area contributed by atoms with Crippen LogP contribution in [0.2, 0.25) is 0 Å². The molecule has 1 heteroatoms. The molecule has 0 bridgehead atoms. The SMILES string of the molecule is CC.CCC(C)C.CCC=CCC1CC=CC=C1c1nccc2ccccc12. The second kappa shape index (κ2) is 13.9. The van der Waals surface area contributed by atoms with Crippen LogP contribution in [0, 0.1) is 11.8 Å². The zero-order valence-electron chi connectivity index (χ0n) is 18.8. The van der Waals surface area contributed by atoms with Gasteiger partial charge in [0.05, 0.1) is 5.69 Å². The van der Waals surface area contributed by atoms with E-state index in [-0.39, 0.29) is 0 Å². The lowest BCUT2D eigenvalue weighted by atomic mass is 9.85. The molecule has 0 amide bonds. The van der Waals surface area contributed by atoms with Gasteiger partial charge in [0.25, 0.3) is 0 Å². The molecule has 1 aliphatic carbocycles. The maximum absolute atomic E-state index is 4.68. The van der Waals surface area contributed by atoms with E-state index in [1.54, 1.807) is 0 Å². The molecule has 1 heterocycles. The summed E-state index contributed by atoms with van der Waals surface area (Å²) in [5.74, 6) is 1.42. The lowest BCUT2D eigenvalue weighted by molar-refractivity contribution is 0.626. The van der Waals surface area contributed by atoms with Crippen LogP contribution in [0.5, 0.6) is 0 Å². The minimum absolute atomic E-state index is 0.538. The van der Waals surface area contributed by atoms with Crippen molar-refractivity contribution in [2.24, 2.45) is 11.8 Å². The summed E-state index contributed by atoms with van der Waals surface area (Å²) in [6, 6.07) is 10.6. The standard InChI is InChI=1S/C20H21N.C5H12.C2H6/c1-2-3-4-9-16-10-5-7-12-18(16)20-19-13-8-6-11-17(19)14-15-21-20;1-4-5(2)3;1-2/h3-8,11-16H,2,9-10H2,1H3;5H,4H2,1-3H3;1-2H3. The van der Waals surface area contributed by atoms with E-state index >= 15 is 0 Å². The number of hydrogen-bond acceptors (Lipinski definition) is 1. The van der Waals surface area contributed by atoms with E-state index in [2.05, 4.69) is 93.4 Å². The molecule has 28 heavy (non-hydrogen) atoms. The van der Waals surface area contributed by atoms with Gasteiger partial charge in [-0.1, -0.05) is 103 Å². The molecule has 3 rings (SSSR count). The van der Waals surface area contributed by atoms with Crippen molar-refractivity contribution < 1.29 is 0 Å². The number of benzene rings is 1. The van der Waals surface area contributed by atoms with Crippen LogP contribution in [-0.2, 0) is 0 Å². The molecule has 0 N–H and O–H groups in total. The van der Waals surface area contributed by atoms with Crippen molar-refractivity contribution in [3.8, 4) is 0 Å². The van der Waals surface area contributed by atoms with Gasteiger partial charge in [-0.25, -0.2) is 0 Å². The van der Waals surface area contributed by atoms with E-state index in [1.807, 2.05) is 20.0 Å². The monoisotopic (exact) mass is 377 g/mol. The van der Waals surface area contributed by atoms with E-state index in [9.17, 15) is 0 Å². The van der Waals surface area contributed by atoms with Crippen LogP contribution in [0.3, 0.4) is 0 Å². The Morgan fingerprint density at radius 1 is 1.07 bits per heavy atom. The number of pyridine rings is 1. The Balaban J connectivity index is 0.000000490. The van der Waals surface area contributed by atoms with Crippen LogP contribution in [-0.4, -0.2) is 4.98 Å². The van der Waals surface area contributed by atoms with Gasteiger partial charge in [0, 0.05) is 11.6 Å². The number of allylic oxidation sites excluding steroid dienone is 6. The second-order valence-corrected chi connectivity index (χ2v) is 7.28. The molecule has 1 unspecified atom stereocenters.